The Hall–Kier alpha value is -4.72. The van der Waals surface area contributed by atoms with E-state index < -0.39 is 11.9 Å². The molecule has 1 aliphatic rings. The van der Waals surface area contributed by atoms with Gasteiger partial charge in [-0.1, -0.05) is 18.1 Å². The highest BCUT2D eigenvalue weighted by molar-refractivity contribution is 6.04. The zero-order valence-electron chi connectivity index (χ0n) is 19.1. The van der Waals surface area contributed by atoms with Crippen LogP contribution in [0.5, 0.6) is 0 Å². The summed E-state index contributed by atoms with van der Waals surface area (Å²) in [6, 6.07) is 9.33. The molecular weight excluding hydrogens is 448 g/mol. The van der Waals surface area contributed by atoms with E-state index >= 15 is 0 Å². The van der Waals surface area contributed by atoms with Crippen molar-refractivity contribution in [2.75, 3.05) is 17.7 Å². The number of nitrogens with zero attached hydrogens (tertiary/aromatic N) is 5. The third-order valence-electron chi connectivity index (χ3n) is 5.70. The minimum atomic E-state index is -0.757. The van der Waals surface area contributed by atoms with Crippen LogP contribution in [0.25, 0.3) is 11.3 Å². The zero-order chi connectivity index (χ0) is 24.9. The van der Waals surface area contributed by atoms with Gasteiger partial charge in [0, 0.05) is 23.9 Å². The monoisotopic (exact) mass is 472 g/mol. The lowest BCUT2D eigenvalue weighted by molar-refractivity contribution is -0.129. The van der Waals surface area contributed by atoms with Crippen molar-refractivity contribution in [1.29, 1.82) is 0 Å². The van der Waals surface area contributed by atoms with Gasteiger partial charge in [0.25, 0.3) is 17.7 Å². The predicted molar refractivity (Wildman–Crippen MR) is 128 cm³/mol. The molecule has 1 saturated heterocycles. The second-order valence-corrected chi connectivity index (χ2v) is 7.93. The molecule has 0 bridgehead atoms. The summed E-state index contributed by atoms with van der Waals surface area (Å²) in [5, 5.41) is 10.2. The summed E-state index contributed by atoms with van der Waals surface area (Å²) >= 11 is 0. The molecule has 1 aromatic carbocycles. The highest BCUT2D eigenvalue weighted by atomic mass is 16.2. The maximum atomic E-state index is 12.6. The Labute approximate surface area is 201 Å². The number of primary amides is 1. The third kappa shape index (κ3) is 4.81. The molecule has 3 amide bonds. The van der Waals surface area contributed by atoms with E-state index in [1.54, 1.807) is 48.2 Å². The Bertz CT molecular complexity index is 1320. The summed E-state index contributed by atoms with van der Waals surface area (Å²) in [6.45, 7) is 2.11. The first-order valence-corrected chi connectivity index (χ1v) is 11.0. The number of piperidine rings is 1. The summed E-state index contributed by atoms with van der Waals surface area (Å²) in [7, 11) is 0. The smallest absolute Gasteiger partial charge is 0.299 e. The number of carbonyl (C=O) groups excluding carboxylic acids is 3. The van der Waals surface area contributed by atoms with Gasteiger partial charge >= 0.3 is 0 Å². The first-order chi connectivity index (χ1) is 16.9. The van der Waals surface area contributed by atoms with Gasteiger partial charge in [0.15, 0.2) is 17.3 Å². The molecule has 2 aromatic heterocycles. The third-order valence-corrected chi connectivity index (χ3v) is 5.70. The van der Waals surface area contributed by atoms with Crippen LogP contribution in [0.2, 0.25) is 0 Å². The van der Waals surface area contributed by atoms with Gasteiger partial charge in [-0.05, 0) is 56.4 Å². The van der Waals surface area contributed by atoms with Crippen molar-refractivity contribution in [2.45, 2.75) is 32.2 Å². The normalized spacial score (nSPS) is 15.1. The van der Waals surface area contributed by atoms with Gasteiger partial charge < -0.3 is 21.8 Å². The number of amides is 3. The molecule has 1 unspecified atom stereocenters. The molecule has 1 fully saturated rings. The van der Waals surface area contributed by atoms with Crippen LogP contribution in [0.3, 0.4) is 0 Å². The van der Waals surface area contributed by atoms with Gasteiger partial charge in [0.2, 0.25) is 0 Å². The van der Waals surface area contributed by atoms with E-state index in [2.05, 4.69) is 32.3 Å². The Morgan fingerprint density at radius 2 is 1.91 bits per heavy atom. The molecule has 11 heteroatoms. The molecule has 0 saturated carbocycles. The van der Waals surface area contributed by atoms with Crippen molar-refractivity contribution in [3.63, 3.8) is 0 Å². The average molecular weight is 473 g/mol. The Morgan fingerprint density at radius 3 is 2.57 bits per heavy atom. The average Bonchev–Trinajstić information content (AvgIpc) is 3.22. The number of nitrogen functional groups attached to an aromatic ring is 1. The van der Waals surface area contributed by atoms with Crippen LogP contribution in [-0.2, 0) is 4.79 Å². The lowest BCUT2D eigenvalue weighted by atomic mass is 10.0. The standard InChI is InChI=1S/C24H24N8O3/c1-2-6-19(33)31-14-4-3-7-17(31)23-29-20(21(22(25)34)32(23)26)15-9-11-16(12-10-15)24(35)28-18-8-5-13-27-30-18/h5,8-13,17H,3-4,7,14,26H2,1H3,(H2,25,34)(H,28,30,35). The van der Waals surface area contributed by atoms with Crippen molar-refractivity contribution in [2.24, 2.45) is 5.73 Å². The number of aromatic nitrogens is 4. The van der Waals surface area contributed by atoms with Crippen molar-refractivity contribution in [3.05, 3.63) is 59.7 Å². The molecule has 11 nitrogen and oxygen atoms in total. The second-order valence-electron chi connectivity index (χ2n) is 7.93. The van der Waals surface area contributed by atoms with Gasteiger partial charge in [0.05, 0.1) is 6.04 Å². The fraction of sp³-hybridized carbons (Fsp3) is 0.250. The number of imidazole rings is 1. The van der Waals surface area contributed by atoms with Crippen LogP contribution in [0.15, 0.2) is 42.6 Å². The van der Waals surface area contributed by atoms with Gasteiger partial charge in [-0.2, -0.15) is 5.10 Å². The van der Waals surface area contributed by atoms with E-state index in [-0.39, 0.29) is 23.2 Å². The fourth-order valence-corrected chi connectivity index (χ4v) is 4.08. The molecular formula is C24H24N8O3. The van der Waals surface area contributed by atoms with Crippen molar-refractivity contribution in [1.82, 2.24) is 24.8 Å². The zero-order valence-corrected chi connectivity index (χ0v) is 19.1. The van der Waals surface area contributed by atoms with Gasteiger partial charge in [0.1, 0.15) is 5.69 Å². The lowest BCUT2D eigenvalue weighted by Crippen LogP contribution is -2.40. The van der Waals surface area contributed by atoms with Gasteiger partial charge in [-0.25, -0.2) is 9.66 Å². The predicted octanol–water partition coefficient (Wildman–Crippen LogP) is 1.48. The number of nitrogens with one attached hydrogen (secondary N) is 1. The number of hydrogen-bond acceptors (Lipinski definition) is 7. The molecule has 0 radical (unpaired) electrons. The first kappa shape index (κ1) is 23.4. The van der Waals surface area contributed by atoms with E-state index in [9.17, 15) is 14.4 Å². The molecule has 35 heavy (non-hydrogen) atoms. The molecule has 1 aliphatic heterocycles. The number of nitrogens with two attached hydrogens (primary N) is 2. The molecule has 3 heterocycles. The summed E-state index contributed by atoms with van der Waals surface area (Å²) in [5.41, 5.74) is 6.84. The van der Waals surface area contributed by atoms with Crippen LogP contribution in [0.4, 0.5) is 5.82 Å². The minimum Gasteiger partial charge on any atom is -0.364 e. The van der Waals surface area contributed by atoms with E-state index in [1.807, 2.05) is 0 Å². The fourth-order valence-electron chi connectivity index (χ4n) is 4.08. The molecule has 3 aromatic rings. The van der Waals surface area contributed by atoms with E-state index in [4.69, 9.17) is 11.6 Å². The summed E-state index contributed by atoms with van der Waals surface area (Å²) in [6.07, 6.45) is 3.85. The number of benzene rings is 1. The highest BCUT2D eigenvalue weighted by Gasteiger charge is 2.33. The second kappa shape index (κ2) is 10.0. The van der Waals surface area contributed by atoms with Crippen LogP contribution in [-0.4, -0.2) is 49.0 Å². The molecule has 178 valence electrons. The topological polar surface area (TPSA) is 162 Å². The Morgan fingerprint density at radius 1 is 1.14 bits per heavy atom. The highest BCUT2D eigenvalue weighted by Crippen LogP contribution is 2.33. The Balaban J connectivity index is 1.66. The maximum absolute atomic E-state index is 12.6. The number of hydrogen-bond donors (Lipinski definition) is 3. The van der Waals surface area contributed by atoms with E-state index in [0.717, 1.165) is 17.5 Å². The van der Waals surface area contributed by atoms with Gasteiger partial charge in [-0.3, -0.25) is 14.4 Å². The van der Waals surface area contributed by atoms with E-state index in [1.165, 1.54) is 6.20 Å². The first-order valence-electron chi connectivity index (χ1n) is 11.0. The van der Waals surface area contributed by atoms with Crippen molar-refractivity contribution < 1.29 is 14.4 Å². The van der Waals surface area contributed by atoms with Crippen LogP contribution >= 0.6 is 0 Å². The minimum absolute atomic E-state index is 0.0105. The molecule has 1 atom stereocenters. The number of rotatable bonds is 5. The lowest BCUT2D eigenvalue weighted by Gasteiger charge is -2.33. The van der Waals surface area contributed by atoms with Crippen LogP contribution in [0.1, 0.15) is 58.9 Å². The maximum Gasteiger partial charge on any atom is 0.299 e. The van der Waals surface area contributed by atoms with Gasteiger partial charge in [-0.15, -0.1) is 5.10 Å². The quantitative estimate of drug-likeness (QED) is 0.374. The SMILES string of the molecule is CC#CC(=O)N1CCCCC1c1nc(-c2ccc(C(=O)Nc3cccnn3)cc2)c(C(N)=O)n1N. The molecule has 4 rings (SSSR count). The largest absolute Gasteiger partial charge is 0.364 e. The van der Waals surface area contributed by atoms with Crippen LogP contribution in [0, 0.1) is 11.8 Å². The van der Waals surface area contributed by atoms with Crippen molar-refractivity contribution >= 4 is 23.5 Å². The number of carbonyl (C=O) groups is 3. The summed E-state index contributed by atoms with van der Waals surface area (Å²) in [5.74, 6) is 10.7. The Kier molecular flexibility index (Phi) is 6.73. The number of likely N-dealkylation sites (tertiary alicyclic amines) is 1. The summed E-state index contributed by atoms with van der Waals surface area (Å²) in [4.78, 5) is 43.6. The van der Waals surface area contributed by atoms with Crippen LogP contribution < -0.4 is 16.9 Å². The number of anilines is 1. The molecule has 5 N–H and O–H groups in total. The van der Waals surface area contributed by atoms with Crippen molar-refractivity contribution in [3.8, 4) is 23.1 Å². The van der Waals surface area contributed by atoms with E-state index in [0.29, 0.717) is 35.7 Å². The summed E-state index contributed by atoms with van der Waals surface area (Å²) < 4.78 is 1.15. The molecule has 0 spiro atoms. The molecule has 0 aliphatic carbocycles.